The van der Waals surface area contributed by atoms with Crippen LogP contribution < -0.4 is 0 Å². The van der Waals surface area contributed by atoms with Gasteiger partial charge in [0.1, 0.15) is 0 Å². The van der Waals surface area contributed by atoms with Crippen LogP contribution in [0, 0.1) is 0 Å². The van der Waals surface area contributed by atoms with Crippen molar-refractivity contribution < 1.29 is 13.6 Å². The number of amides is 1. The molecular formula is C12H15F2N5O. The molecule has 0 radical (unpaired) electrons. The molecule has 0 bridgehead atoms. The van der Waals surface area contributed by atoms with Crippen LogP contribution in [0.15, 0.2) is 24.7 Å². The zero-order valence-corrected chi connectivity index (χ0v) is 11.2. The standard InChI is InChI=1S/C12H15F2N5O/c1-3-18-8-9(6-15-18)7-17(2)11(20)10-4-5-19(16-10)12(13)14/h4-6,8,12H,3,7H2,1-2H3. The molecule has 2 rings (SSSR count). The molecular weight excluding hydrogens is 268 g/mol. The number of nitrogens with zero attached hydrogens (tertiary/aromatic N) is 5. The first-order chi connectivity index (χ1) is 9.51. The van der Waals surface area contributed by atoms with Crippen LogP contribution in [0.5, 0.6) is 0 Å². The lowest BCUT2D eigenvalue weighted by Gasteiger charge is -2.14. The van der Waals surface area contributed by atoms with Crippen molar-refractivity contribution in [1.29, 1.82) is 0 Å². The lowest BCUT2D eigenvalue weighted by molar-refractivity contribution is 0.0553. The van der Waals surface area contributed by atoms with E-state index in [1.165, 1.54) is 11.0 Å². The Hall–Kier alpha value is -2.25. The Morgan fingerprint density at radius 3 is 2.80 bits per heavy atom. The van der Waals surface area contributed by atoms with Crippen molar-refractivity contribution in [2.45, 2.75) is 26.6 Å². The van der Waals surface area contributed by atoms with E-state index < -0.39 is 12.5 Å². The van der Waals surface area contributed by atoms with Gasteiger partial charge in [-0.05, 0) is 13.0 Å². The largest absolute Gasteiger partial charge is 0.336 e. The summed E-state index contributed by atoms with van der Waals surface area (Å²) in [7, 11) is 1.59. The lowest BCUT2D eigenvalue weighted by Crippen LogP contribution is -2.26. The van der Waals surface area contributed by atoms with E-state index in [4.69, 9.17) is 0 Å². The van der Waals surface area contributed by atoms with Crippen LogP contribution in [0.4, 0.5) is 8.78 Å². The van der Waals surface area contributed by atoms with Gasteiger partial charge in [-0.3, -0.25) is 9.48 Å². The first kappa shape index (κ1) is 14.2. The molecule has 0 fully saturated rings. The van der Waals surface area contributed by atoms with Crippen molar-refractivity contribution in [3.05, 3.63) is 35.9 Å². The Balaban J connectivity index is 2.03. The quantitative estimate of drug-likeness (QED) is 0.840. The third-order valence-corrected chi connectivity index (χ3v) is 2.80. The normalized spacial score (nSPS) is 11.1. The summed E-state index contributed by atoms with van der Waals surface area (Å²) in [4.78, 5) is 13.5. The molecule has 20 heavy (non-hydrogen) atoms. The number of carbonyl (C=O) groups is 1. The minimum absolute atomic E-state index is 0.00400. The monoisotopic (exact) mass is 283 g/mol. The molecule has 0 N–H and O–H groups in total. The maximum absolute atomic E-state index is 12.4. The molecule has 0 atom stereocenters. The Morgan fingerprint density at radius 1 is 1.50 bits per heavy atom. The summed E-state index contributed by atoms with van der Waals surface area (Å²) < 4.78 is 27.0. The van der Waals surface area contributed by atoms with Gasteiger partial charge >= 0.3 is 6.55 Å². The molecule has 0 saturated carbocycles. The van der Waals surface area contributed by atoms with Gasteiger partial charge in [-0.2, -0.15) is 19.0 Å². The van der Waals surface area contributed by atoms with E-state index in [0.29, 0.717) is 11.2 Å². The van der Waals surface area contributed by atoms with Crippen molar-refractivity contribution in [1.82, 2.24) is 24.5 Å². The predicted molar refractivity (Wildman–Crippen MR) is 67.2 cm³/mol. The van der Waals surface area contributed by atoms with E-state index in [0.717, 1.165) is 18.3 Å². The summed E-state index contributed by atoms with van der Waals surface area (Å²) in [6.45, 7) is 0.309. The number of rotatable bonds is 5. The highest BCUT2D eigenvalue weighted by Gasteiger charge is 2.17. The van der Waals surface area contributed by atoms with Crippen LogP contribution in [0.3, 0.4) is 0 Å². The maximum Gasteiger partial charge on any atom is 0.333 e. The van der Waals surface area contributed by atoms with Gasteiger partial charge in [-0.25, -0.2) is 4.68 Å². The first-order valence-electron chi connectivity index (χ1n) is 6.11. The zero-order valence-electron chi connectivity index (χ0n) is 11.2. The molecule has 0 aliphatic heterocycles. The minimum Gasteiger partial charge on any atom is -0.336 e. The van der Waals surface area contributed by atoms with E-state index in [-0.39, 0.29) is 5.69 Å². The molecule has 6 nitrogen and oxygen atoms in total. The number of aryl methyl sites for hydroxylation is 1. The molecule has 0 aliphatic rings. The van der Waals surface area contributed by atoms with Crippen molar-refractivity contribution in [3.8, 4) is 0 Å². The second-order valence-electron chi connectivity index (χ2n) is 4.32. The molecule has 1 amide bonds. The topological polar surface area (TPSA) is 56.0 Å². The van der Waals surface area contributed by atoms with Crippen molar-refractivity contribution >= 4 is 5.91 Å². The number of carbonyl (C=O) groups excluding carboxylic acids is 1. The number of aromatic nitrogens is 4. The van der Waals surface area contributed by atoms with Crippen molar-refractivity contribution in [3.63, 3.8) is 0 Å². The third kappa shape index (κ3) is 3.01. The van der Waals surface area contributed by atoms with Crippen LogP contribution in [-0.2, 0) is 13.1 Å². The fraction of sp³-hybridized carbons (Fsp3) is 0.417. The second-order valence-corrected chi connectivity index (χ2v) is 4.32. The van der Waals surface area contributed by atoms with Gasteiger partial charge in [0.25, 0.3) is 5.91 Å². The van der Waals surface area contributed by atoms with Gasteiger partial charge in [0.2, 0.25) is 0 Å². The van der Waals surface area contributed by atoms with Crippen LogP contribution in [0.2, 0.25) is 0 Å². The third-order valence-electron chi connectivity index (χ3n) is 2.80. The van der Waals surface area contributed by atoms with E-state index in [1.54, 1.807) is 17.9 Å². The Labute approximate surface area is 114 Å². The van der Waals surface area contributed by atoms with Crippen LogP contribution in [0.25, 0.3) is 0 Å². The molecule has 0 saturated heterocycles. The molecule has 0 spiro atoms. The van der Waals surface area contributed by atoms with E-state index >= 15 is 0 Å². The van der Waals surface area contributed by atoms with E-state index in [2.05, 4.69) is 10.2 Å². The average Bonchev–Trinajstić information content (AvgIpc) is 3.06. The fourth-order valence-corrected chi connectivity index (χ4v) is 1.76. The molecule has 108 valence electrons. The Bertz CT molecular complexity index is 592. The van der Waals surface area contributed by atoms with Crippen LogP contribution in [0.1, 0.15) is 29.5 Å². The number of hydrogen-bond donors (Lipinski definition) is 0. The van der Waals surface area contributed by atoms with E-state index in [9.17, 15) is 13.6 Å². The molecule has 0 aliphatic carbocycles. The number of alkyl halides is 2. The van der Waals surface area contributed by atoms with Gasteiger partial charge in [0, 0.05) is 38.1 Å². The Kier molecular flexibility index (Phi) is 4.11. The number of halogens is 2. The van der Waals surface area contributed by atoms with E-state index in [1.807, 2.05) is 13.1 Å². The lowest BCUT2D eigenvalue weighted by atomic mass is 10.3. The number of hydrogen-bond acceptors (Lipinski definition) is 3. The highest BCUT2D eigenvalue weighted by atomic mass is 19.3. The molecule has 2 aromatic rings. The molecule has 0 unspecified atom stereocenters. The average molecular weight is 283 g/mol. The molecule has 2 aromatic heterocycles. The Morgan fingerprint density at radius 2 is 2.25 bits per heavy atom. The van der Waals surface area contributed by atoms with Gasteiger partial charge < -0.3 is 4.90 Å². The van der Waals surface area contributed by atoms with Gasteiger partial charge in [-0.1, -0.05) is 0 Å². The minimum atomic E-state index is -2.75. The smallest absolute Gasteiger partial charge is 0.333 e. The molecule has 2 heterocycles. The molecule has 8 heteroatoms. The molecule has 0 aromatic carbocycles. The summed E-state index contributed by atoms with van der Waals surface area (Å²) in [5.74, 6) is -0.409. The summed E-state index contributed by atoms with van der Waals surface area (Å²) in [6.07, 6.45) is 4.59. The van der Waals surface area contributed by atoms with Crippen LogP contribution in [-0.4, -0.2) is 37.4 Å². The van der Waals surface area contributed by atoms with Gasteiger partial charge in [0.15, 0.2) is 5.69 Å². The summed E-state index contributed by atoms with van der Waals surface area (Å²) in [6, 6.07) is 1.28. The summed E-state index contributed by atoms with van der Waals surface area (Å²) >= 11 is 0. The SMILES string of the molecule is CCn1cc(CN(C)C(=O)c2ccn(C(F)F)n2)cn1. The first-order valence-corrected chi connectivity index (χ1v) is 6.11. The van der Waals surface area contributed by atoms with Crippen molar-refractivity contribution in [2.75, 3.05) is 7.05 Å². The fourth-order valence-electron chi connectivity index (χ4n) is 1.76. The highest BCUT2D eigenvalue weighted by molar-refractivity contribution is 5.91. The van der Waals surface area contributed by atoms with Gasteiger partial charge in [0.05, 0.1) is 6.20 Å². The maximum atomic E-state index is 12.4. The zero-order chi connectivity index (χ0) is 14.7. The second kappa shape index (κ2) is 5.81. The summed E-state index contributed by atoms with van der Waals surface area (Å²) in [5.41, 5.74) is 0.867. The summed E-state index contributed by atoms with van der Waals surface area (Å²) in [5, 5.41) is 7.66. The highest BCUT2D eigenvalue weighted by Crippen LogP contribution is 2.11. The van der Waals surface area contributed by atoms with Crippen molar-refractivity contribution in [2.24, 2.45) is 0 Å². The predicted octanol–water partition coefficient (Wildman–Crippen LogP) is 1.77. The van der Waals surface area contributed by atoms with Crippen LogP contribution >= 0.6 is 0 Å². The van der Waals surface area contributed by atoms with Gasteiger partial charge in [-0.15, -0.1) is 0 Å².